The van der Waals surface area contributed by atoms with Gasteiger partial charge in [-0.15, -0.1) is 0 Å². The Balaban J connectivity index is 3.86. The Kier molecular flexibility index (Phi) is 4.20. The Morgan fingerprint density at radius 2 is 2.20 bits per heavy atom. The summed E-state index contributed by atoms with van der Waals surface area (Å²) in [6.45, 7) is 3.59. The van der Waals surface area contributed by atoms with Crippen LogP contribution in [-0.2, 0) is 14.3 Å². The molecular weight excluding hydrogens is 132 g/mol. The summed E-state index contributed by atoms with van der Waals surface area (Å²) in [5.74, 6) is -0.466. The minimum atomic E-state index is -0.466. The molecule has 0 saturated carbocycles. The second-order valence-corrected chi connectivity index (χ2v) is 1.76. The molecule has 0 amide bonds. The van der Waals surface area contributed by atoms with Crippen LogP contribution >= 0.6 is 0 Å². The average Bonchev–Trinajstić information content (AvgIpc) is 1.88. The Morgan fingerprint density at radius 3 is 2.60 bits per heavy atom. The first kappa shape index (κ1) is 8.88. The third-order valence-electron chi connectivity index (χ3n) is 0.818. The van der Waals surface area contributed by atoms with Crippen molar-refractivity contribution in [2.45, 2.75) is 13.8 Å². The molecule has 0 radical (unpaired) electrons. The van der Waals surface area contributed by atoms with Crippen LogP contribution in [0.2, 0.25) is 0 Å². The van der Waals surface area contributed by atoms with Gasteiger partial charge < -0.3 is 4.74 Å². The van der Waals surface area contributed by atoms with Crippen molar-refractivity contribution in [3.8, 4) is 0 Å². The zero-order chi connectivity index (χ0) is 7.98. The maximum Gasteiger partial charge on any atom is 0.331 e. The smallest absolute Gasteiger partial charge is 0.331 e. The molecule has 10 heavy (non-hydrogen) atoms. The van der Waals surface area contributed by atoms with Gasteiger partial charge in [-0.25, -0.2) is 4.79 Å². The lowest BCUT2D eigenvalue weighted by Gasteiger charge is -1.93. The van der Waals surface area contributed by atoms with Crippen LogP contribution in [-0.4, -0.2) is 18.9 Å². The van der Waals surface area contributed by atoms with Crippen LogP contribution in [0.25, 0.3) is 0 Å². The molecule has 0 fully saturated rings. The third-order valence-corrected chi connectivity index (χ3v) is 0.818. The molecule has 0 aromatic carbocycles. The van der Waals surface area contributed by atoms with Gasteiger partial charge >= 0.3 is 5.97 Å². The van der Waals surface area contributed by atoms with Crippen molar-refractivity contribution >= 4 is 12.3 Å². The number of aldehydes is 1. The average molecular weight is 142 g/mol. The van der Waals surface area contributed by atoms with E-state index in [0.29, 0.717) is 18.5 Å². The van der Waals surface area contributed by atoms with Gasteiger partial charge in [0.2, 0.25) is 0 Å². The molecule has 0 N–H and O–H groups in total. The first-order chi connectivity index (χ1) is 4.70. The van der Waals surface area contributed by atoms with E-state index < -0.39 is 5.97 Å². The first-order valence-electron chi connectivity index (χ1n) is 3.01. The standard InChI is InChI=1S/C7H10O3/c1-3-10-7(9)4-6(2)5-8/h4-5H,3H2,1-2H3. The highest BCUT2D eigenvalue weighted by atomic mass is 16.5. The molecule has 0 aliphatic carbocycles. The van der Waals surface area contributed by atoms with Gasteiger partial charge in [0.1, 0.15) is 6.29 Å². The Labute approximate surface area is 59.7 Å². The molecule has 0 aliphatic heterocycles. The van der Waals surface area contributed by atoms with E-state index >= 15 is 0 Å². The van der Waals surface area contributed by atoms with Crippen LogP contribution in [0, 0.1) is 0 Å². The number of hydrogen-bond acceptors (Lipinski definition) is 3. The second kappa shape index (κ2) is 4.73. The molecule has 3 heteroatoms. The molecule has 0 bridgehead atoms. The molecular formula is C7H10O3. The largest absolute Gasteiger partial charge is 0.463 e. The SMILES string of the molecule is CCOC(=O)C=C(C)C=O. The van der Waals surface area contributed by atoms with Crippen LogP contribution in [0.15, 0.2) is 11.6 Å². The summed E-state index contributed by atoms with van der Waals surface area (Å²) < 4.78 is 4.54. The van der Waals surface area contributed by atoms with E-state index in [1.807, 2.05) is 0 Å². The third kappa shape index (κ3) is 3.83. The Morgan fingerprint density at radius 1 is 1.60 bits per heavy atom. The zero-order valence-corrected chi connectivity index (χ0v) is 6.09. The van der Waals surface area contributed by atoms with Gasteiger partial charge in [-0.3, -0.25) is 4.79 Å². The molecule has 0 aromatic heterocycles. The fraction of sp³-hybridized carbons (Fsp3) is 0.429. The van der Waals surface area contributed by atoms with Crippen molar-refractivity contribution in [3.63, 3.8) is 0 Å². The lowest BCUT2D eigenvalue weighted by atomic mass is 10.3. The monoisotopic (exact) mass is 142 g/mol. The minimum absolute atomic E-state index is 0.335. The van der Waals surface area contributed by atoms with Gasteiger partial charge in [0.15, 0.2) is 0 Å². The summed E-state index contributed by atoms with van der Waals surface area (Å²) in [4.78, 5) is 20.5. The van der Waals surface area contributed by atoms with E-state index in [1.165, 1.54) is 0 Å². The first-order valence-corrected chi connectivity index (χ1v) is 3.01. The van der Waals surface area contributed by atoms with E-state index in [1.54, 1.807) is 13.8 Å². The topological polar surface area (TPSA) is 43.4 Å². The predicted molar refractivity (Wildman–Crippen MR) is 36.5 cm³/mol. The summed E-state index contributed by atoms with van der Waals surface area (Å²) in [6.07, 6.45) is 1.77. The van der Waals surface area contributed by atoms with E-state index in [9.17, 15) is 9.59 Å². The molecule has 0 saturated heterocycles. The van der Waals surface area contributed by atoms with Crippen molar-refractivity contribution in [2.75, 3.05) is 6.61 Å². The number of ether oxygens (including phenoxy) is 1. The molecule has 3 nitrogen and oxygen atoms in total. The molecule has 0 aromatic rings. The maximum atomic E-state index is 10.6. The number of hydrogen-bond donors (Lipinski definition) is 0. The predicted octanol–water partition coefficient (Wildman–Crippen LogP) is 0.695. The summed E-state index contributed by atoms with van der Waals surface area (Å²) in [5.41, 5.74) is 0.374. The number of allylic oxidation sites excluding steroid dienone is 1. The van der Waals surface area contributed by atoms with E-state index in [0.717, 1.165) is 6.08 Å². The van der Waals surface area contributed by atoms with E-state index in [4.69, 9.17) is 0 Å². The van der Waals surface area contributed by atoms with Gasteiger partial charge in [-0.1, -0.05) is 0 Å². The number of esters is 1. The summed E-state index contributed by atoms with van der Waals surface area (Å²) in [7, 11) is 0. The van der Waals surface area contributed by atoms with Crippen LogP contribution in [0.3, 0.4) is 0 Å². The van der Waals surface area contributed by atoms with E-state index in [2.05, 4.69) is 4.74 Å². The number of carbonyl (C=O) groups is 2. The van der Waals surface area contributed by atoms with E-state index in [-0.39, 0.29) is 0 Å². The number of carbonyl (C=O) groups excluding carboxylic acids is 2. The fourth-order valence-electron chi connectivity index (χ4n) is 0.404. The minimum Gasteiger partial charge on any atom is -0.463 e. The van der Waals surface area contributed by atoms with Crippen LogP contribution in [0.4, 0.5) is 0 Å². The van der Waals surface area contributed by atoms with Crippen molar-refractivity contribution < 1.29 is 14.3 Å². The van der Waals surface area contributed by atoms with Crippen molar-refractivity contribution in [3.05, 3.63) is 11.6 Å². The lowest BCUT2D eigenvalue weighted by Crippen LogP contribution is -2.00. The second-order valence-electron chi connectivity index (χ2n) is 1.76. The Bertz CT molecular complexity index is 158. The summed E-state index contributed by atoms with van der Waals surface area (Å²) >= 11 is 0. The van der Waals surface area contributed by atoms with Crippen LogP contribution in [0.5, 0.6) is 0 Å². The molecule has 0 unspecified atom stereocenters. The lowest BCUT2D eigenvalue weighted by molar-refractivity contribution is -0.137. The molecule has 0 atom stereocenters. The highest BCUT2D eigenvalue weighted by Crippen LogP contribution is 1.88. The normalized spacial score (nSPS) is 10.8. The van der Waals surface area contributed by atoms with Gasteiger partial charge in [-0.2, -0.15) is 0 Å². The van der Waals surface area contributed by atoms with Gasteiger partial charge in [0.25, 0.3) is 0 Å². The van der Waals surface area contributed by atoms with Crippen LogP contribution in [0.1, 0.15) is 13.8 Å². The molecule has 56 valence electrons. The van der Waals surface area contributed by atoms with Crippen molar-refractivity contribution in [2.24, 2.45) is 0 Å². The Hall–Kier alpha value is -1.12. The quantitative estimate of drug-likeness (QED) is 0.331. The van der Waals surface area contributed by atoms with Gasteiger partial charge in [-0.05, 0) is 19.4 Å². The van der Waals surface area contributed by atoms with Gasteiger partial charge in [0, 0.05) is 6.08 Å². The molecule has 0 aliphatic rings. The van der Waals surface area contributed by atoms with Crippen molar-refractivity contribution in [1.29, 1.82) is 0 Å². The molecule has 0 heterocycles. The van der Waals surface area contributed by atoms with Crippen LogP contribution < -0.4 is 0 Å². The molecule has 0 spiro atoms. The molecule has 0 rings (SSSR count). The highest BCUT2D eigenvalue weighted by Gasteiger charge is 1.94. The summed E-state index contributed by atoms with van der Waals surface area (Å²) in [6, 6.07) is 0. The number of rotatable bonds is 3. The maximum absolute atomic E-state index is 10.6. The fourth-order valence-corrected chi connectivity index (χ4v) is 0.404. The zero-order valence-electron chi connectivity index (χ0n) is 6.09. The van der Waals surface area contributed by atoms with Crippen molar-refractivity contribution in [1.82, 2.24) is 0 Å². The summed E-state index contributed by atoms with van der Waals surface area (Å²) in [5, 5.41) is 0. The highest BCUT2D eigenvalue weighted by molar-refractivity contribution is 5.89. The van der Waals surface area contributed by atoms with Gasteiger partial charge in [0.05, 0.1) is 6.61 Å².